The molecule has 0 saturated carbocycles. The summed E-state index contributed by atoms with van der Waals surface area (Å²) in [4.78, 5) is 18.0. The van der Waals surface area contributed by atoms with Gasteiger partial charge in [-0.15, -0.1) is 0 Å². The maximum atomic E-state index is 11.6. The van der Waals surface area contributed by atoms with Gasteiger partial charge in [0.1, 0.15) is 11.5 Å². The Balaban J connectivity index is 2.10. The first-order valence-corrected chi connectivity index (χ1v) is 4.86. The van der Waals surface area contributed by atoms with E-state index in [-0.39, 0.29) is 11.5 Å². The lowest BCUT2D eigenvalue weighted by atomic mass is 10.3. The van der Waals surface area contributed by atoms with Gasteiger partial charge in [0, 0.05) is 0 Å². The molecule has 0 spiro atoms. The summed E-state index contributed by atoms with van der Waals surface area (Å²) in [6.07, 6.45) is 1.33. The summed E-state index contributed by atoms with van der Waals surface area (Å²) < 4.78 is 10.1. The lowest BCUT2D eigenvalue weighted by Crippen LogP contribution is -2.11. The Hall–Kier alpha value is -2.50. The molecular formula is C11H11N3O3. The second-order valence-corrected chi connectivity index (χ2v) is 3.23. The van der Waals surface area contributed by atoms with Crippen LogP contribution in [0.5, 0.6) is 11.5 Å². The number of benzene rings is 1. The van der Waals surface area contributed by atoms with E-state index in [9.17, 15) is 4.79 Å². The molecule has 0 unspecified atom stereocenters. The van der Waals surface area contributed by atoms with E-state index in [4.69, 9.17) is 15.2 Å². The van der Waals surface area contributed by atoms with Crippen LogP contribution >= 0.6 is 0 Å². The van der Waals surface area contributed by atoms with Crippen LogP contribution in [-0.4, -0.2) is 23.0 Å². The van der Waals surface area contributed by atoms with Crippen molar-refractivity contribution >= 4 is 11.8 Å². The molecule has 2 rings (SSSR count). The van der Waals surface area contributed by atoms with E-state index in [2.05, 4.69) is 9.97 Å². The molecular weight excluding hydrogens is 222 g/mol. The number of nitrogens with one attached hydrogen (secondary N) is 1. The van der Waals surface area contributed by atoms with Gasteiger partial charge < -0.3 is 20.2 Å². The topological polar surface area (TPSA) is 90.2 Å². The number of esters is 1. The van der Waals surface area contributed by atoms with Gasteiger partial charge in [-0.25, -0.2) is 9.78 Å². The van der Waals surface area contributed by atoms with Crippen molar-refractivity contribution in [2.24, 2.45) is 0 Å². The van der Waals surface area contributed by atoms with Crippen LogP contribution < -0.4 is 15.2 Å². The number of nitrogens with zero attached hydrogens (tertiary/aromatic N) is 1. The van der Waals surface area contributed by atoms with Crippen molar-refractivity contribution in [1.29, 1.82) is 0 Å². The van der Waals surface area contributed by atoms with Gasteiger partial charge in [-0.05, 0) is 24.3 Å². The number of H-pyrrole nitrogens is 1. The monoisotopic (exact) mass is 233 g/mol. The molecule has 0 bridgehead atoms. The summed E-state index contributed by atoms with van der Waals surface area (Å²) in [7, 11) is 1.56. The van der Waals surface area contributed by atoms with Gasteiger partial charge in [-0.3, -0.25) is 0 Å². The highest BCUT2D eigenvalue weighted by Gasteiger charge is 2.14. The third kappa shape index (κ3) is 2.36. The summed E-state index contributed by atoms with van der Waals surface area (Å²) in [6, 6.07) is 6.64. The fraction of sp³-hybridized carbons (Fsp3) is 0.0909. The van der Waals surface area contributed by atoms with Gasteiger partial charge in [0.15, 0.2) is 11.5 Å². The predicted molar refractivity (Wildman–Crippen MR) is 61.0 cm³/mol. The molecule has 0 aliphatic heterocycles. The molecule has 0 aliphatic rings. The third-order valence-electron chi connectivity index (χ3n) is 2.14. The first-order chi connectivity index (χ1) is 8.20. The molecule has 17 heavy (non-hydrogen) atoms. The highest BCUT2D eigenvalue weighted by molar-refractivity contribution is 5.93. The fourth-order valence-corrected chi connectivity index (χ4v) is 1.27. The van der Waals surface area contributed by atoms with Crippen molar-refractivity contribution in [1.82, 2.24) is 9.97 Å². The Morgan fingerprint density at radius 3 is 2.47 bits per heavy atom. The van der Waals surface area contributed by atoms with E-state index in [1.807, 2.05) is 0 Å². The Morgan fingerprint density at radius 1 is 1.29 bits per heavy atom. The summed E-state index contributed by atoms with van der Waals surface area (Å²) in [5.41, 5.74) is 5.62. The molecule has 0 fully saturated rings. The summed E-state index contributed by atoms with van der Waals surface area (Å²) in [5.74, 6) is 0.629. The minimum absolute atomic E-state index is 0.114. The summed E-state index contributed by atoms with van der Waals surface area (Å²) in [6.45, 7) is 0. The van der Waals surface area contributed by atoms with Gasteiger partial charge in [-0.1, -0.05) is 0 Å². The molecule has 3 N–H and O–H groups in total. The van der Waals surface area contributed by atoms with E-state index < -0.39 is 5.97 Å². The number of anilines is 1. The van der Waals surface area contributed by atoms with E-state index in [1.54, 1.807) is 31.4 Å². The lowest BCUT2D eigenvalue weighted by molar-refractivity contribution is 0.0730. The number of carbonyl (C=O) groups excluding carboxylic acids is 1. The van der Waals surface area contributed by atoms with Crippen LogP contribution in [0.15, 0.2) is 30.6 Å². The maximum Gasteiger partial charge on any atom is 0.364 e. The van der Waals surface area contributed by atoms with Gasteiger partial charge in [0.25, 0.3) is 0 Å². The van der Waals surface area contributed by atoms with E-state index in [0.717, 1.165) is 0 Å². The van der Waals surface area contributed by atoms with Gasteiger partial charge in [0.2, 0.25) is 0 Å². The van der Waals surface area contributed by atoms with Crippen molar-refractivity contribution in [3.05, 3.63) is 36.3 Å². The van der Waals surface area contributed by atoms with E-state index in [0.29, 0.717) is 11.5 Å². The zero-order chi connectivity index (χ0) is 12.3. The maximum absolute atomic E-state index is 11.6. The minimum Gasteiger partial charge on any atom is -0.497 e. The first kappa shape index (κ1) is 11.0. The summed E-state index contributed by atoms with van der Waals surface area (Å²) in [5, 5.41) is 0. The fourth-order valence-electron chi connectivity index (χ4n) is 1.27. The van der Waals surface area contributed by atoms with Crippen LogP contribution in [0.2, 0.25) is 0 Å². The van der Waals surface area contributed by atoms with Crippen LogP contribution in [0, 0.1) is 0 Å². The number of carbonyl (C=O) groups is 1. The molecule has 6 heteroatoms. The van der Waals surface area contributed by atoms with E-state index >= 15 is 0 Å². The largest absolute Gasteiger partial charge is 0.497 e. The molecule has 6 nitrogen and oxygen atoms in total. The number of nitrogen functional groups attached to an aromatic ring is 1. The Labute approximate surface area is 97.4 Å². The lowest BCUT2D eigenvalue weighted by Gasteiger charge is -2.04. The molecule has 2 aromatic rings. The molecule has 1 heterocycles. The molecule has 0 amide bonds. The smallest absolute Gasteiger partial charge is 0.364 e. The molecule has 88 valence electrons. The number of hydrogen-bond acceptors (Lipinski definition) is 5. The van der Waals surface area contributed by atoms with Crippen molar-refractivity contribution in [3.63, 3.8) is 0 Å². The number of imidazole rings is 1. The standard InChI is InChI=1S/C11H11N3O3/c1-16-7-2-4-8(5-3-7)17-11(15)9-10(12)14-6-13-9/h2-6H,12H2,1H3,(H,13,14). The minimum atomic E-state index is -0.579. The van der Waals surface area contributed by atoms with Crippen molar-refractivity contribution in [2.75, 3.05) is 12.8 Å². The molecule has 0 aliphatic carbocycles. The molecule has 0 atom stereocenters. The van der Waals surface area contributed by atoms with Crippen molar-refractivity contribution in [3.8, 4) is 11.5 Å². The van der Waals surface area contributed by atoms with Crippen molar-refractivity contribution < 1.29 is 14.3 Å². The molecule has 0 radical (unpaired) electrons. The number of ether oxygens (including phenoxy) is 2. The van der Waals surface area contributed by atoms with Gasteiger partial charge in [-0.2, -0.15) is 0 Å². The predicted octanol–water partition coefficient (Wildman–Crippen LogP) is 1.22. The van der Waals surface area contributed by atoms with Crippen LogP contribution in [0.4, 0.5) is 5.82 Å². The van der Waals surface area contributed by atoms with Gasteiger partial charge in [0.05, 0.1) is 13.4 Å². The zero-order valence-electron chi connectivity index (χ0n) is 9.14. The zero-order valence-corrected chi connectivity index (χ0v) is 9.14. The van der Waals surface area contributed by atoms with Crippen LogP contribution in [0.3, 0.4) is 0 Å². The number of methoxy groups -OCH3 is 1. The number of rotatable bonds is 3. The SMILES string of the molecule is COc1ccc(OC(=O)c2[nH]cnc2N)cc1. The Kier molecular flexibility index (Phi) is 2.95. The van der Waals surface area contributed by atoms with Crippen LogP contribution in [-0.2, 0) is 0 Å². The average Bonchev–Trinajstić information content (AvgIpc) is 2.76. The number of hydrogen-bond donors (Lipinski definition) is 2. The number of nitrogens with two attached hydrogens (primary N) is 1. The van der Waals surface area contributed by atoms with Crippen LogP contribution in [0.25, 0.3) is 0 Å². The highest BCUT2D eigenvalue weighted by Crippen LogP contribution is 2.18. The molecule has 0 saturated heterocycles. The average molecular weight is 233 g/mol. The molecule has 1 aromatic heterocycles. The third-order valence-corrected chi connectivity index (χ3v) is 2.14. The van der Waals surface area contributed by atoms with E-state index in [1.165, 1.54) is 6.33 Å². The number of aromatic amines is 1. The van der Waals surface area contributed by atoms with Gasteiger partial charge >= 0.3 is 5.97 Å². The Bertz CT molecular complexity index is 519. The second-order valence-electron chi connectivity index (χ2n) is 3.23. The molecule has 1 aromatic carbocycles. The van der Waals surface area contributed by atoms with Crippen LogP contribution in [0.1, 0.15) is 10.5 Å². The highest BCUT2D eigenvalue weighted by atomic mass is 16.5. The second kappa shape index (κ2) is 4.56. The summed E-state index contributed by atoms with van der Waals surface area (Å²) >= 11 is 0. The Morgan fingerprint density at radius 2 is 1.94 bits per heavy atom. The number of aromatic nitrogens is 2. The quantitative estimate of drug-likeness (QED) is 0.614. The van der Waals surface area contributed by atoms with Crippen molar-refractivity contribution in [2.45, 2.75) is 0 Å². The first-order valence-electron chi connectivity index (χ1n) is 4.86. The normalized spacial score (nSPS) is 9.94.